The van der Waals surface area contributed by atoms with E-state index in [0.29, 0.717) is 18.2 Å². The molecule has 35 heavy (non-hydrogen) atoms. The second-order valence-corrected chi connectivity index (χ2v) is 9.76. The van der Waals surface area contributed by atoms with E-state index in [2.05, 4.69) is 42.0 Å². The zero-order valence-electron chi connectivity index (χ0n) is 20.0. The molecule has 2 aliphatic heterocycles. The minimum absolute atomic E-state index is 0.0111. The van der Waals surface area contributed by atoms with Crippen LogP contribution in [-0.4, -0.2) is 44.4 Å². The van der Waals surface area contributed by atoms with Gasteiger partial charge in [0, 0.05) is 42.7 Å². The lowest BCUT2D eigenvalue weighted by molar-refractivity contribution is -0.197. The normalized spacial score (nSPS) is 15.3. The highest BCUT2D eigenvalue weighted by atomic mass is 16.7. The number of hydroxylamine groups is 2. The molecule has 2 amide bonds. The van der Waals surface area contributed by atoms with Gasteiger partial charge in [-0.2, -0.15) is 0 Å². The van der Waals surface area contributed by atoms with Crippen molar-refractivity contribution in [3.05, 3.63) is 54.1 Å². The van der Waals surface area contributed by atoms with Gasteiger partial charge in [-0.1, -0.05) is 47.7 Å². The van der Waals surface area contributed by atoms with Crippen molar-refractivity contribution in [2.45, 2.75) is 52.1 Å². The number of fused-ring (bicyclic) bond motifs is 5. The van der Waals surface area contributed by atoms with E-state index in [-0.39, 0.29) is 24.8 Å². The van der Waals surface area contributed by atoms with E-state index in [1.54, 1.807) is 0 Å². The zero-order valence-corrected chi connectivity index (χ0v) is 20.0. The Kier molecular flexibility index (Phi) is 5.62. The summed E-state index contributed by atoms with van der Waals surface area (Å²) in [6.07, 6.45) is 0.150. The molecule has 2 aromatic carbocycles. The van der Waals surface area contributed by atoms with E-state index in [1.807, 2.05) is 47.1 Å². The number of imide groups is 1. The number of para-hydroxylation sites is 1. The van der Waals surface area contributed by atoms with Crippen LogP contribution in [0.1, 0.15) is 45.6 Å². The minimum atomic E-state index is -0.622. The number of hydrogen-bond donors (Lipinski definition) is 0. The lowest BCUT2D eigenvalue weighted by Crippen LogP contribution is -2.34. The average molecular weight is 474 g/mol. The summed E-state index contributed by atoms with van der Waals surface area (Å²) in [6.45, 7) is 7.15. The summed E-state index contributed by atoms with van der Waals surface area (Å²) in [5, 5.41) is 9.71. The molecule has 3 aromatic rings. The lowest BCUT2D eigenvalue weighted by Gasteiger charge is -2.31. The third-order valence-electron chi connectivity index (χ3n) is 6.22. The van der Waals surface area contributed by atoms with Gasteiger partial charge in [-0.25, -0.2) is 9.48 Å². The summed E-state index contributed by atoms with van der Waals surface area (Å²) in [5.41, 5.74) is 5.41. The van der Waals surface area contributed by atoms with Gasteiger partial charge in [0.15, 0.2) is 0 Å². The molecule has 0 bridgehead atoms. The van der Waals surface area contributed by atoms with Crippen molar-refractivity contribution < 1.29 is 19.2 Å². The molecule has 180 valence electrons. The van der Waals surface area contributed by atoms with Gasteiger partial charge < -0.3 is 9.74 Å². The topological polar surface area (TPSA) is 97.6 Å². The molecule has 5 rings (SSSR count). The van der Waals surface area contributed by atoms with Gasteiger partial charge in [0.05, 0.1) is 17.7 Å². The van der Waals surface area contributed by atoms with Gasteiger partial charge >= 0.3 is 5.97 Å². The number of hydrogen-bond acceptors (Lipinski definition) is 7. The monoisotopic (exact) mass is 473 g/mol. The van der Waals surface area contributed by atoms with Crippen LogP contribution in [0.2, 0.25) is 0 Å². The predicted molar refractivity (Wildman–Crippen MR) is 129 cm³/mol. The zero-order chi connectivity index (χ0) is 24.7. The molecule has 2 aliphatic rings. The number of aromatic nitrogens is 3. The molecule has 0 radical (unpaired) electrons. The van der Waals surface area contributed by atoms with Gasteiger partial charge in [0.25, 0.3) is 11.8 Å². The quantitative estimate of drug-likeness (QED) is 0.533. The Labute approximate surface area is 203 Å². The molecular weight excluding hydrogens is 446 g/mol. The van der Waals surface area contributed by atoms with E-state index < -0.39 is 17.8 Å². The Hall–Kier alpha value is -4.01. The van der Waals surface area contributed by atoms with E-state index in [4.69, 9.17) is 4.84 Å². The summed E-state index contributed by atoms with van der Waals surface area (Å²) in [4.78, 5) is 43.4. The van der Waals surface area contributed by atoms with Crippen molar-refractivity contribution in [3.63, 3.8) is 0 Å². The maximum Gasteiger partial charge on any atom is 0.334 e. The van der Waals surface area contributed by atoms with E-state index >= 15 is 0 Å². The highest BCUT2D eigenvalue weighted by Gasteiger charge is 2.33. The van der Waals surface area contributed by atoms with E-state index in [9.17, 15) is 14.4 Å². The molecule has 0 N–H and O–H groups in total. The SMILES string of the molecule is CC(C)(C)n1nnc2c1-c1ccccc1N(CCC(=O)ON1C(=O)CCC1=O)Cc1ccccc1-2. The van der Waals surface area contributed by atoms with Crippen molar-refractivity contribution >= 4 is 23.5 Å². The fraction of sp³-hybridized carbons (Fsp3) is 0.346. The second kappa shape index (κ2) is 8.65. The van der Waals surface area contributed by atoms with Gasteiger partial charge in [-0.3, -0.25) is 9.59 Å². The van der Waals surface area contributed by atoms with E-state index in [1.165, 1.54) is 0 Å². The largest absolute Gasteiger partial charge is 0.366 e. The molecular formula is C26H27N5O4. The maximum atomic E-state index is 12.6. The Morgan fingerprint density at radius 3 is 2.34 bits per heavy atom. The molecule has 1 aromatic heterocycles. The molecule has 9 nitrogen and oxygen atoms in total. The summed E-state index contributed by atoms with van der Waals surface area (Å²) in [5.74, 6) is -1.59. The molecule has 3 heterocycles. The number of carbonyl (C=O) groups excluding carboxylic acids is 3. The molecule has 0 atom stereocenters. The van der Waals surface area contributed by atoms with Gasteiger partial charge in [0.1, 0.15) is 5.69 Å². The van der Waals surface area contributed by atoms with Crippen molar-refractivity contribution in [2.24, 2.45) is 0 Å². The Morgan fingerprint density at radius 1 is 0.971 bits per heavy atom. The van der Waals surface area contributed by atoms with Crippen LogP contribution in [0.5, 0.6) is 0 Å². The Bertz CT molecular complexity index is 1310. The maximum absolute atomic E-state index is 12.6. The van der Waals surface area contributed by atoms with Crippen LogP contribution in [0.25, 0.3) is 22.5 Å². The van der Waals surface area contributed by atoms with Crippen LogP contribution in [0.4, 0.5) is 5.69 Å². The number of rotatable bonds is 4. The first kappa shape index (κ1) is 22.8. The van der Waals surface area contributed by atoms with Crippen LogP contribution in [0.3, 0.4) is 0 Å². The fourth-order valence-corrected chi connectivity index (χ4v) is 4.54. The van der Waals surface area contributed by atoms with E-state index in [0.717, 1.165) is 33.8 Å². The van der Waals surface area contributed by atoms with Crippen molar-refractivity contribution in [1.82, 2.24) is 20.1 Å². The summed E-state index contributed by atoms with van der Waals surface area (Å²) < 4.78 is 1.94. The molecule has 1 fully saturated rings. The third kappa shape index (κ3) is 4.18. The van der Waals surface area contributed by atoms with Crippen LogP contribution < -0.4 is 4.90 Å². The smallest absolute Gasteiger partial charge is 0.334 e. The highest BCUT2D eigenvalue weighted by molar-refractivity contribution is 6.01. The minimum Gasteiger partial charge on any atom is -0.366 e. The first-order valence-corrected chi connectivity index (χ1v) is 11.7. The average Bonchev–Trinajstić information content (AvgIpc) is 3.40. The molecule has 0 unspecified atom stereocenters. The molecule has 9 heteroatoms. The van der Waals surface area contributed by atoms with Crippen LogP contribution in [0.15, 0.2) is 48.5 Å². The number of benzene rings is 2. The Balaban J connectivity index is 1.52. The van der Waals surface area contributed by atoms with Crippen LogP contribution in [0, 0.1) is 0 Å². The van der Waals surface area contributed by atoms with Gasteiger partial charge in [0.2, 0.25) is 0 Å². The summed E-state index contributed by atoms with van der Waals surface area (Å²) in [6, 6.07) is 16.1. The van der Waals surface area contributed by atoms with Crippen LogP contribution in [-0.2, 0) is 31.3 Å². The van der Waals surface area contributed by atoms with Crippen molar-refractivity contribution in [1.29, 1.82) is 0 Å². The number of anilines is 1. The number of nitrogens with zero attached hydrogens (tertiary/aromatic N) is 5. The second-order valence-electron chi connectivity index (χ2n) is 9.76. The summed E-state index contributed by atoms with van der Waals surface area (Å²) >= 11 is 0. The number of amides is 2. The first-order chi connectivity index (χ1) is 16.7. The highest BCUT2D eigenvalue weighted by Crippen LogP contribution is 2.42. The molecule has 1 saturated heterocycles. The third-order valence-corrected chi connectivity index (χ3v) is 6.22. The predicted octanol–water partition coefficient (Wildman–Crippen LogP) is 3.68. The first-order valence-electron chi connectivity index (χ1n) is 11.7. The van der Waals surface area contributed by atoms with Crippen molar-refractivity contribution in [2.75, 3.05) is 11.4 Å². The Morgan fingerprint density at radius 2 is 1.63 bits per heavy atom. The van der Waals surface area contributed by atoms with Gasteiger partial charge in [-0.15, -0.1) is 10.2 Å². The molecule has 0 spiro atoms. The molecule has 0 saturated carbocycles. The fourth-order valence-electron chi connectivity index (χ4n) is 4.54. The lowest BCUT2D eigenvalue weighted by atomic mass is 9.94. The standard InChI is InChI=1S/C26H27N5O4/c1-26(2,3)31-25-19-10-6-7-11-20(19)29(15-14-23(34)35-30-21(32)12-13-22(30)33)16-17-8-4-5-9-18(17)24(25)27-28-31/h4-11H,12-16H2,1-3H3. The molecule has 0 aliphatic carbocycles. The van der Waals surface area contributed by atoms with Crippen molar-refractivity contribution in [3.8, 4) is 22.5 Å². The summed E-state index contributed by atoms with van der Waals surface area (Å²) in [7, 11) is 0. The van der Waals surface area contributed by atoms with Crippen LogP contribution >= 0.6 is 0 Å². The number of carbonyl (C=O) groups is 3. The van der Waals surface area contributed by atoms with Gasteiger partial charge in [-0.05, 0) is 32.4 Å².